The molecule has 0 bridgehead atoms. The maximum absolute atomic E-state index is 11.4. The predicted molar refractivity (Wildman–Crippen MR) is 79.8 cm³/mol. The van der Waals surface area contributed by atoms with Crippen molar-refractivity contribution >= 4 is 11.8 Å². The summed E-state index contributed by atoms with van der Waals surface area (Å²) in [7, 11) is 0. The molecule has 120 valence electrons. The number of oxime groups is 1. The maximum Gasteiger partial charge on any atom is 0.338 e. The molecule has 7 heteroatoms. The maximum atomic E-state index is 11.4. The summed E-state index contributed by atoms with van der Waals surface area (Å²) in [5.41, 5.74) is 6.97. The summed E-state index contributed by atoms with van der Waals surface area (Å²) in [6, 6.07) is 3.48. The number of nitrogens with two attached hydrogens (primary N) is 1. The molecular weight excluding hydrogens is 286 g/mol. The van der Waals surface area contributed by atoms with Crippen molar-refractivity contribution < 1.29 is 19.1 Å². The number of nitrogens with zero attached hydrogens (tertiary/aromatic N) is 2. The molecule has 1 saturated carbocycles. The molecule has 1 aromatic heterocycles. The van der Waals surface area contributed by atoms with Crippen LogP contribution in [0.5, 0.6) is 0 Å². The Kier molecular flexibility index (Phi) is 5.85. The summed E-state index contributed by atoms with van der Waals surface area (Å²) >= 11 is 0. The fourth-order valence-electron chi connectivity index (χ4n) is 1.77. The van der Waals surface area contributed by atoms with Gasteiger partial charge < -0.3 is 20.0 Å². The van der Waals surface area contributed by atoms with Crippen LogP contribution in [0.4, 0.5) is 0 Å². The standard InChI is InChI=1S/C15H21N3O4/c1-3-20-15(21-4-2)11-7-8-12(17-9-11)13(16)18-22-14(19)10-5-6-10/h7-10,15H,3-6H2,1-2H3,(H2,16,18). The molecule has 0 radical (unpaired) electrons. The van der Waals surface area contributed by atoms with E-state index in [4.69, 9.17) is 20.0 Å². The van der Waals surface area contributed by atoms with Gasteiger partial charge in [-0.15, -0.1) is 0 Å². The third kappa shape index (κ3) is 4.51. The summed E-state index contributed by atoms with van der Waals surface area (Å²) in [5.74, 6) is -0.303. The van der Waals surface area contributed by atoms with Crippen LogP contribution in [-0.2, 0) is 19.1 Å². The smallest absolute Gasteiger partial charge is 0.338 e. The molecule has 22 heavy (non-hydrogen) atoms. The highest BCUT2D eigenvalue weighted by Crippen LogP contribution is 2.30. The van der Waals surface area contributed by atoms with Gasteiger partial charge in [0.25, 0.3) is 0 Å². The van der Waals surface area contributed by atoms with E-state index in [0.717, 1.165) is 18.4 Å². The Balaban J connectivity index is 1.99. The molecule has 1 heterocycles. The fourth-order valence-corrected chi connectivity index (χ4v) is 1.77. The predicted octanol–water partition coefficient (Wildman–Crippen LogP) is 1.73. The van der Waals surface area contributed by atoms with Gasteiger partial charge in [0.15, 0.2) is 12.1 Å². The first kappa shape index (κ1) is 16.4. The zero-order chi connectivity index (χ0) is 15.9. The lowest BCUT2D eigenvalue weighted by atomic mass is 10.2. The van der Waals surface area contributed by atoms with Crippen molar-refractivity contribution in [2.75, 3.05) is 13.2 Å². The number of hydrogen-bond acceptors (Lipinski definition) is 6. The molecule has 0 unspecified atom stereocenters. The van der Waals surface area contributed by atoms with Crippen LogP contribution in [0.2, 0.25) is 0 Å². The molecule has 0 atom stereocenters. The Morgan fingerprint density at radius 3 is 2.55 bits per heavy atom. The highest BCUT2D eigenvalue weighted by molar-refractivity contribution is 5.95. The summed E-state index contributed by atoms with van der Waals surface area (Å²) in [4.78, 5) is 20.4. The molecule has 2 rings (SSSR count). The normalized spacial score (nSPS) is 15.1. The average molecular weight is 307 g/mol. The number of amidine groups is 1. The van der Waals surface area contributed by atoms with Crippen molar-refractivity contribution in [1.29, 1.82) is 0 Å². The third-order valence-electron chi connectivity index (χ3n) is 3.10. The Hall–Kier alpha value is -1.99. The molecule has 0 saturated heterocycles. The third-order valence-corrected chi connectivity index (χ3v) is 3.10. The molecule has 0 spiro atoms. The zero-order valence-corrected chi connectivity index (χ0v) is 12.8. The minimum absolute atomic E-state index is 0.0231. The van der Waals surface area contributed by atoms with E-state index in [9.17, 15) is 4.79 Å². The summed E-state index contributed by atoms with van der Waals surface area (Å²) < 4.78 is 11.0. The van der Waals surface area contributed by atoms with E-state index in [0.29, 0.717) is 18.9 Å². The summed E-state index contributed by atoms with van der Waals surface area (Å²) in [6.07, 6.45) is 2.87. The topological polar surface area (TPSA) is 96.0 Å². The minimum Gasteiger partial charge on any atom is -0.379 e. The van der Waals surface area contributed by atoms with Crippen LogP contribution in [0.25, 0.3) is 0 Å². The lowest BCUT2D eigenvalue weighted by Crippen LogP contribution is -2.18. The number of rotatable bonds is 8. The molecule has 0 aliphatic heterocycles. The van der Waals surface area contributed by atoms with E-state index in [2.05, 4.69) is 10.1 Å². The summed E-state index contributed by atoms with van der Waals surface area (Å²) in [6.45, 7) is 4.86. The monoisotopic (exact) mass is 307 g/mol. The largest absolute Gasteiger partial charge is 0.379 e. The van der Waals surface area contributed by atoms with E-state index >= 15 is 0 Å². The van der Waals surface area contributed by atoms with Crippen molar-refractivity contribution in [2.45, 2.75) is 33.0 Å². The molecule has 1 aromatic rings. The lowest BCUT2D eigenvalue weighted by Gasteiger charge is -2.16. The molecule has 2 N–H and O–H groups in total. The minimum atomic E-state index is -0.456. The second-order valence-corrected chi connectivity index (χ2v) is 4.88. The van der Waals surface area contributed by atoms with Gasteiger partial charge in [0, 0.05) is 25.0 Å². The first-order valence-electron chi connectivity index (χ1n) is 7.39. The van der Waals surface area contributed by atoms with Gasteiger partial charge in [-0.25, -0.2) is 4.79 Å². The van der Waals surface area contributed by atoms with Gasteiger partial charge >= 0.3 is 5.97 Å². The van der Waals surface area contributed by atoms with E-state index < -0.39 is 6.29 Å². The van der Waals surface area contributed by atoms with Gasteiger partial charge in [-0.2, -0.15) is 0 Å². The van der Waals surface area contributed by atoms with Crippen LogP contribution in [0.15, 0.2) is 23.5 Å². The second-order valence-electron chi connectivity index (χ2n) is 4.88. The number of hydrogen-bond donors (Lipinski definition) is 1. The van der Waals surface area contributed by atoms with Gasteiger partial charge in [0.05, 0.1) is 5.92 Å². The van der Waals surface area contributed by atoms with Crippen LogP contribution in [0.1, 0.15) is 44.2 Å². The lowest BCUT2D eigenvalue weighted by molar-refractivity contribution is -0.145. The van der Waals surface area contributed by atoms with Gasteiger partial charge in [-0.05, 0) is 32.8 Å². The quantitative estimate of drug-likeness (QED) is 0.258. The molecule has 7 nitrogen and oxygen atoms in total. The van der Waals surface area contributed by atoms with E-state index in [1.54, 1.807) is 18.3 Å². The molecule has 0 aromatic carbocycles. The molecule has 1 aliphatic carbocycles. The van der Waals surface area contributed by atoms with Gasteiger partial charge in [-0.3, -0.25) is 4.98 Å². The summed E-state index contributed by atoms with van der Waals surface area (Å²) in [5, 5.41) is 3.62. The average Bonchev–Trinajstić information content (AvgIpc) is 3.37. The SMILES string of the molecule is CCOC(OCC)c1ccc(/C(N)=N\OC(=O)C2CC2)nc1. The van der Waals surface area contributed by atoms with Crippen molar-refractivity contribution in [3.8, 4) is 0 Å². The van der Waals surface area contributed by atoms with Crippen LogP contribution < -0.4 is 5.73 Å². The second kappa shape index (κ2) is 7.86. The van der Waals surface area contributed by atoms with E-state index in [-0.39, 0.29) is 17.7 Å². The van der Waals surface area contributed by atoms with Gasteiger partial charge in [0.2, 0.25) is 0 Å². The van der Waals surface area contributed by atoms with E-state index in [1.807, 2.05) is 13.8 Å². The van der Waals surface area contributed by atoms with E-state index in [1.165, 1.54) is 0 Å². The molecule has 1 aliphatic rings. The van der Waals surface area contributed by atoms with Crippen LogP contribution >= 0.6 is 0 Å². The van der Waals surface area contributed by atoms with Crippen LogP contribution in [0.3, 0.4) is 0 Å². The first-order valence-corrected chi connectivity index (χ1v) is 7.39. The van der Waals surface area contributed by atoms with Crippen LogP contribution in [0, 0.1) is 5.92 Å². The number of aromatic nitrogens is 1. The highest BCUT2D eigenvalue weighted by Gasteiger charge is 2.31. The molecule has 1 fully saturated rings. The first-order chi connectivity index (χ1) is 10.7. The Morgan fingerprint density at radius 1 is 1.36 bits per heavy atom. The van der Waals surface area contributed by atoms with Crippen molar-refractivity contribution in [2.24, 2.45) is 16.8 Å². The fraction of sp³-hybridized carbons (Fsp3) is 0.533. The Bertz CT molecular complexity index is 520. The molecule has 0 amide bonds. The van der Waals surface area contributed by atoms with Crippen LogP contribution in [-0.4, -0.2) is 30.0 Å². The number of carbonyl (C=O) groups is 1. The Labute approximate surface area is 129 Å². The van der Waals surface area contributed by atoms with Gasteiger partial charge in [0.1, 0.15) is 5.69 Å². The number of carbonyl (C=O) groups excluding carboxylic acids is 1. The van der Waals surface area contributed by atoms with Crippen molar-refractivity contribution in [3.05, 3.63) is 29.6 Å². The van der Waals surface area contributed by atoms with Crippen molar-refractivity contribution in [3.63, 3.8) is 0 Å². The van der Waals surface area contributed by atoms with Crippen molar-refractivity contribution in [1.82, 2.24) is 4.98 Å². The zero-order valence-electron chi connectivity index (χ0n) is 12.8. The van der Waals surface area contributed by atoms with Gasteiger partial charge in [-0.1, -0.05) is 11.2 Å². The Morgan fingerprint density at radius 2 is 2.05 bits per heavy atom. The highest BCUT2D eigenvalue weighted by atomic mass is 16.7. The molecular formula is C15H21N3O4. The number of ether oxygens (including phenoxy) is 2. The number of pyridine rings is 1.